The average Bonchev–Trinajstić information content (AvgIpc) is 1.74. The fourth-order valence-corrected chi connectivity index (χ4v) is 16.1. The number of hydrogen-bond donors (Lipinski definition) is 0. The van der Waals surface area contributed by atoms with E-state index in [1.807, 2.05) is 74.6 Å². The molecule has 3 unspecified atom stereocenters. The number of benzene rings is 8. The van der Waals surface area contributed by atoms with E-state index < -0.39 is 0 Å². The van der Waals surface area contributed by atoms with Crippen molar-refractivity contribution in [3.05, 3.63) is 396 Å². The molecular weight excluding hydrogens is 1710 g/mol. The largest absolute Gasteiger partial charge is 0.371 e. The lowest BCUT2D eigenvalue weighted by Crippen LogP contribution is -2.38. The Morgan fingerprint density at radius 3 is 0.787 bits per heavy atom. The van der Waals surface area contributed by atoms with Gasteiger partial charge < -0.3 is 14.7 Å². The zero-order valence-corrected chi connectivity index (χ0v) is 95.8. The molecule has 4 aromatic heterocycles. The summed E-state index contributed by atoms with van der Waals surface area (Å²) >= 11 is 0. The minimum atomic E-state index is 0.445. The Morgan fingerprint density at radius 1 is 0.262 bits per heavy atom. The molecule has 0 spiro atoms. The maximum absolute atomic E-state index is 6.90. The first-order chi connectivity index (χ1) is 66.6. The Labute approximate surface area is 865 Å². The van der Waals surface area contributed by atoms with Crippen molar-refractivity contribution in [1.82, 2.24) is 24.8 Å². The molecule has 0 bridgehead atoms. The molecule has 3 aliphatic rings. The Kier molecular flexibility index (Phi) is 59.9. The number of rotatable bonds is 15. The molecule has 0 radical (unpaired) electrons. The van der Waals surface area contributed by atoms with Crippen LogP contribution in [0.25, 0.3) is 4.85 Å². The molecule has 8 aromatic carbocycles. The van der Waals surface area contributed by atoms with Gasteiger partial charge in [-0.1, -0.05) is 403 Å². The number of likely N-dealkylation sites (tertiary alicyclic amines) is 1. The van der Waals surface area contributed by atoms with Crippen LogP contribution in [-0.4, -0.2) is 70.1 Å². The van der Waals surface area contributed by atoms with Crippen LogP contribution in [0.2, 0.25) is 0 Å². The van der Waals surface area contributed by atoms with E-state index in [9.17, 15) is 0 Å². The highest BCUT2D eigenvalue weighted by Crippen LogP contribution is 2.31. The van der Waals surface area contributed by atoms with Crippen LogP contribution in [0, 0.1) is 86.6 Å². The van der Waals surface area contributed by atoms with Gasteiger partial charge in [0.2, 0.25) is 0 Å². The number of nitrogens with zero attached hydrogens (tertiary/aromatic N) is 8. The fourth-order valence-electron chi connectivity index (χ4n) is 16.1. The summed E-state index contributed by atoms with van der Waals surface area (Å²) in [6.45, 7) is 97.8. The first-order valence-corrected chi connectivity index (χ1v) is 53.5. The number of pyridine rings is 4. The number of para-hydroxylation sites is 1. The lowest BCUT2D eigenvalue weighted by Gasteiger charge is -2.33. The SMILES string of the molecule is CC1CCCN(C(C)C)C1.CC1CCN(c2cccc(C(C)C)c2)C1.CC1CCN(c2cccc(C(C)C)c2)C1.Cc1ccc(C(C)C)cn1.Cc1cccc(C(C)C)c1.Cc1cccc(C(C)C)c1.Cc1cccc(C(C)C)c1.Cc1cccc(C(C)C)c1.Cc1ccccc1C(C)C.Cc1cncc(C(C)C)c1.Cc1cncc(C(C)C)c1.Cc1cncc(C(C)C)c1.[C-]#[N+]c1ccccc1C(C)C. The van der Waals surface area contributed by atoms with Gasteiger partial charge in [-0.3, -0.25) is 19.9 Å². The van der Waals surface area contributed by atoms with Crippen molar-refractivity contribution in [3.63, 3.8) is 0 Å². The second-order valence-corrected chi connectivity index (χ2v) is 43.9. The van der Waals surface area contributed by atoms with Crippen molar-refractivity contribution in [2.45, 2.75) is 366 Å². The molecule has 766 valence electrons. The van der Waals surface area contributed by atoms with Crippen molar-refractivity contribution >= 4 is 17.1 Å². The van der Waals surface area contributed by atoms with Crippen molar-refractivity contribution in [2.75, 3.05) is 49.1 Å². The Morgan fingerprint density at radius 2 is 0.560 bits per heavy atom. The molecule has 141 heavy (non-hydrogen) atoms. The van der Waals surface area contributed by atoms with Gasteiger partial charge in [0.05, 0.1) is 6.57 Å². The summed E-state index contributed by atoms with van der Waals surface area (Å²) in [7, 11) is 0. The van der Waals surface area contributed by atoms with Gasteiger partial charge in [-0.2, -0.15) is 0 Å². The molecule has 15 rings (SSSR count). The van der Waals surface area contributed by atoms with Gasteiger partial charge >= 0.3 is 0 Å². The molecule has 3 saturated heterocycles. The first-order valence-electron chi connectivity index (χ1n) is 53.5. The molecule has 3 atom stereocenters. The van der Waals surface area contributed by atoms with Crippen LogP contribution < -0.4 is 9.80 Å². The fraction of sp³-hybridized carbons (Fsp3) is 0.481. The van der Waals surface area contributed by atoms with Crippen LogP contribution in [0.4, 0.5) is 17.1 Å². The van der Waals surface area contributed by atoms with Gasteiger partial charge in [-0.25, -0.2) is 4.85 Å². The van der Waals surface area contributed by atoms with Gasteiger partial charge in [0.15, 0.2) is 5.69 Å². The number of aryl methyl sites for hydroxylation is 9. The van der Waals surface area contributed by atoms with E-state index in [1.165, 1.54) is 182 Å². The maximum atomic E-state index is 6.90. The average molecular weight is 1910 g/mol. The molecule has 3 aliphatic heterocycles. The van der Waals surface area contributed by atoms with Crippen LogP contribution in [-0.2, 0) is 0 Å². The molecule has 8 heteroatoms. The molecule has 0 amide bonds. The third-order valence-corrected chi connectivity index (χ3v) is 25.7. The van der Waals surface area contributed by atoms with Crippen molar-refractivity contribution in [1.29, 1.82) is 0 Å². The van der Waals surface area contributed by atoms with Crippen molar-refractivity contribution < 1.29 is 0 Å². The van der Waals surface area contributed by atoms with E-state index in [1.54, 1.807) is 0 Å². The topological polar surface area (TPSA) is 65.6 Å². The van der Waals surface area contributed by atoms with E-state index in [-0.39, 0.29) is 0 Å². The number of hydrogen-bond acceptors (Lipinski definition) is 7. The molecule has 0 saturated carbocycles. The van der Waals surface area contributed by atoms with Crippen LogP contribution in [0.5, 0.6) is 0 Å². The summed E-state index contributed by atoms with van der Waals surface area (Å²) in [5, 5.41) is 0. The number of piperidine rings is 1. The van der Waals surface area contributed by atoms with Crippen molar-refractivity contribution in [3.8, 4) is 0 Å². The third-order valence-electron chi connectivity index (χ3n) is 25.7. The Hall–Kier alpha value is -10.6. The molecule has 3 fully saturated rings. The summed E-state index contributed by atoms with van der Waals surface area (Å²) in [6, 6.07) is 80.4. The van der Waals surface area contributed by atoms with E-state index in [2.05, 4.69) is 496 Å². The van der Waals surface area contributed by atoms with Gasteiger partial charge in [0.25, 0.3) is 0 Å². The molecular formula is C133H194N8. The quantitative estimate of drug-likeness (QED) is 0.0948. The molecule has 12 aromatic rings. The minimum Gasteiger partial charge on any atom is -0.371 e. The van der Waals surface area contributed by atoms with Gasteiger partial charge in [-0.05, 0) is 317 Å². The van der Waals surface area contributed by atoms with Gasteiger partial charge in [0, 0.05) is 99.2 Å². The Balaban J connectivity index is 0.000000394. The highest BCUT2D eigenvalue weighted by molar-refractivity contribution is 5.54. The van der Waals surface area contributed by atoms with E-state index in [0.29, 0.717) is 71.0 Å². The van der Waals surface area contributed by atoms with Crippen molar-refractivity contribution in [2.24, 2.45) is 17.8 Å². The zero-order chi connectivity index (χ0) is 106. The number of aromatic nitrogens is 4. The van der Waals surface area contributed by atoms with Crippen LogP contribution >= 0.6 is 0 Å². The summed E-state index contributed by atoms with van der Waals surface area (Å²) in [5.41, 5.74) is 31.7. The normalized spacial score (nSPS) is 14.0. The summed E-state index contributed by atoms with van der Waals surface area (Å²) in [5.74, 6) is 9.97. The summed E-state index contributed by atoms with van der Waals surface area (Å²) in [4.78, 5) is 27.6. The molecule has 0 aliphatic carbocycles. The van der Waals surface area contributed by atoms with E-state index in [0.717, 1.165) is 40.7 Å². The molecule has 0 N–H and O–H groups in total. The second-order valence-electron chi connectivity index (χ2n) is 43.9. The monoisotopic (exact) mass is 1900 g/mol. The smallest absolute Gasteiger partial charge is 0.190 e. The van der Waals surface area contributed by atoms with Crippen LogP contribution in [0.15, 0.2) is 268 Å². The molecule has 7 heterocycles. The minimum absolute atomic E-state index is 0.445. The lowest BCUT2D eigenvalue weighted by atomic mass is 9.99. The summed E-state index contributed by atoms with van der Waals surface area (Å²) in [6.07, 6.45) is 18.9. The van der Waals surface area contributed by atoms with Crippen LogP contribution in [0.3, 0.4) is 0 Å². The highest BCUT2D eigenvalue weighted by atomic mass is 15.2. The molecule has 8 nitrogen and oxygen atoms in total. The predicted octanol–water partition coefficient (Wildman–Crippen LogP) is 38.4. The standard InChI is InChI=1S/2C14H21N.C10H11N.5C10H14.4C9H13N.C9H19N/c2*1-11(2)13-5-4-6-14(9-13)15-8-7-12(3)10-15;1-8(2)9-6-4-5-7-10(9)11-3;4*1-8(2)10-6-4-5-9(3)7-10;1-8(2)10-7-5-4-6-9(10)3;3*1-7(2)9-4-8(3)5-10-6-9;1-7(2)9-5-4-8(3)10-6-9;1-8(2)10-6-4-5-9(3)7-10/h2*4-6,9,11-12H,7-8,10H2,1-3H3;4-8H,1-2H3;5*4-8H,1-3H3;4*4-7H,1-3H3;8-9H,4-7H2,1-3H3. The van der Waals surface area contributed by atoms with Gasteiger partial charge in [-0.15, -0.1) is 0 Å². The number of anilines is 2. The second kappa shape index (κ2) is 67.8. The highest BCUT2D eigenvalue weighted by Gasteiger charge is 2.22. The van der Waals surface area contributed by atoms with E-state index in [4.69, 9.17) is 6.57 Å². The lowest BCUT2D eigenvalue weighted by molar-refractivity contribution is 0.147. The van der Waals surface area contributed by atoms with E-state index >= 15 is 0 Å². The predicted molar refractivity (Wildman–Crippen MR) is 624 cm³/mol. The van der Waals surface area contributed by atoms with Gasteiger partial charge in [0.1, 0.15) is 0 Å². The first kappa shape index (κ1) is 125. The summed E-state index contributed by atoms with van der Waals surface area (Å²) < 4.78 is 0. The maximum Gasteiger partial charge on any atom is 0.190 e. The zero-order valence-electron chi connectivity index (χ0n) is 95.8. The third kappa shape index (κ3) is 51.8. The van der Waals surface area contributed by atoms with Crippen LogP contribution in [0.1, 0.15) is 414 Å². The Bertz CT molecular complexity index is 4840.